The van der Waals surface area contributed by atoms with Crippen molar-refractivity contribution in [2.45, 2.75) is 12.8 Å². The number of carboxylic acids is 1. The van der Waals surface area contributed by atoms with Crippen LogP contribution in [0.15, 0.2) is 12.1 Å². The molecule has 4 N–H and O–H groups in total. The topological polar surface area (TPSA) is 107 Å². The Morgan fingerprint density at radius 1 is 1.19 bits per heavy atom. The van der Waals surface area contributed by atoms with Gasteiger partial charge in [0.25, 0.3) is 6.43 Å². The van der Waals surface area contributed by atoms with Crippen LogP contribution >= 0.6 is 0 Å². The standard InChI is InChI=1S/C17H20F2N2O5/c1-24-10-5-4-8(14(25-2)15(10)26-3)11-9(6-7-20)21-13(17(22)23)12(11)16(18)19/h4-5,16,21H,6-7,20H2,1-3H3,(H,22,23). The summed E-state index contributed by atoms with van der Waals surface area (Å²) in [7, 11) is 4.18. The van der Waals surface area contributed by atoms with E-state index < -0.39 is 23.7 Å². The Kier molecular flexibility index (Phi) is 6.04. The minimum atomic E-state index is -3.02. The second kappa shape index (κ2) is 8.05. The summed E-state index contributed by atoms with van der Waals surface area (Å²) in [6.07, 6.45) is -2.84. The lowest BCUT2D eigenvalue weighted by atomic mass is 9.97. The van der Waals surface area contributed by atoms with Crippen LogP contribution < -0.4 is 19.9 Å². The molecule has 0 saturated carbocycles. The van der Waals surface area contributed by atoms with Crippen molar-refractivity contribution in [3.8, 4) is 28.4 Å². The molecule has 0 aliphatic heterocycles. The number of nitrogens with one attached hydrogen (secondary N) is 1. The molecule has 0 unspecified atom stereocenters. The largest absolute Gasteiger partial charge is 0.493 e. The predicted octanol–water partition coefficient (Wildman–Crippen LogP) is 2.84. The van der Waals surface area contributed by atoms with Gasteiger partial charge in [-0.3, -0.25) is 0 Å². The summed E-state index contributed by atoms with van der Waals surface area (Å²) in [4.78, 5) is 14.0. The first-order chi connectivity index (χ1) is 12.4. The van der Waals surface area contributed by atoms with Crippen LogP contribution in [0.2, 0.25) is 0 Å². The summed E-state index contributed by atoms with van der Waals surface area (Å²) in [5.41, 5.74) is 4.95. The molecule has 0 fully saturated rings. The summed E-state index contributed by atoms with van der Waals surface area (Å²) < 4.78 is 43.3. The minimum absolute atomic E-state index is 0.0423. The number of benzene rings is 1. The molecule has 7 nitrogen and oxygen atoms in total. The Labute approximate surface area is 148 Å². The van der Waals surface area contributed by atoms with Crippen LogP contribution in [-0.4, -0.2) is 43.9 Å². The molecule has 2 rings (SSSR count). The molecular formula is C17H20F2N2O5. The number of aromatic carboxylic acids is 1. The number of methoxy groups -OCH3 is 3. The summed E-state index contributed by atoms with van der Waals surface area (Å²) in [5.74, 6) is -0.766. The number of ether oxygens (including phenoxy) is 3. The Balaban J connectivity index is 2.88. The van der Waals surface area contributed by atoms with Gasteiger partial charge in [-0.1, -0.05) is 0 Å². The maximum absolute atomic E-state index is 13.7. The summed E-state index contributed by atoms with van der Waals surface area (Å²) in [6.45, 7) is 0.144. The molecule has 0 saturated heterocycles. The van der Waals surface area contributed by atoms with E-state index in [4.69, 9.17) is 19.9 Å². The average molecular weight is 370 g/mol. The maximum atomic E-state index is 13.7. The fourth-order valence-electron chi connectivity index (χ4n) is 2.89. The Bertz CT molecular complexity index is 805. The third-order valence-corrected chi connectivity index (χ3v) is 3.92. The van der Waals surface area contributed by atoms with Crippen LogP contribution in [0.3, 0.4) is 0 Å². The number of halogens is 2. The van der Waals surface area contributed by atoms with Crippen LogP contribution in [0, 0.1) is 0 Å². The van der Waals surface area contributed by atoms with Gasteiger partial charge in [-0.2, -0.15) is 0 Å². The van der Waals surface area contributed by atoms with E-state index in [1.807, 2.05) is 0 Å². The molecule has 1 heterocycles. The second-order valence-corrected chi connectivity index (χ2v) is 5.29. The zero-order valence-corrected chi connectivity index (χ0v) is 14.6. The highest BCUT2D eigenvalue weighted by molar-refractivity contribution is 5.93. The van der Waals surface area contributed by atoms with Crippen molar-refractivity contribution in [2.24, 2.45) is 5.73 Å². The Hall–Kier alpha value is -2.81. The molecular weight excluding hydrogens is 350 g/mol. The van der Waals surface area contributed by atoms with Gasteiger partial charge in [0.2, 0.25) is 5.75 Å². The molecule has 0 bridgehead atoms. The van der Waals surface area contributed by atoms with E-state index >= 15 is 0 Å². The van der Waals surface area contributed by atoms with Gasteiger partial charge in [0, 0.05) is 23.2 Å². The van der Waals surface area contributed by atoms with Crippen LogP contribution in [0.4, 0.5) is 8.78 Å². The molecule has 0 aliphatic rings. The van der Waals surface area contributed by atoms with E-state index in [-0.39, 0.29) is 41.3 Å². The first-order valence-corrected chi connectivity index (χ1v) is 7.66. The van der Waals surface area contributed by atoms with E-state index in [0.29, 0.717) is 5.75 Å². The normalized spacial score (nSPS) is 10.9. The first kappa shape index (κ1) is 19.5. The highest BCUT2D eigenvalue weighted by atomic mass is 19.3. The Morgan fingerprint density at radius 2 is 1.85 bits per heavy atom. The number of hydrogen-bond acceptors (Lipinski definition) is 5. The van der Waals surface area contributed by atoms with Gasteiger partial charge < -0.3 is 30.0 Å². The number of hydrogen-bond donors (Lipinski definition) is 3. The molecule has 142 valence electrons. The molecule has 2 aromatic rings. The third-order valence-electron chi connectivity index (χ3n) is 3.92. The van der Waals surface area contributed by atoms with Crippen molar-refractivity contribution < 1.29 is 32.9 Å². The highest BCUT2D eigenvalue weighted by Crippen LogP contribution is 2.48. The quantitative estimate of drug-likeness (QED) is 0.660. The number of carboxylic acid groups (broad SMARTS) is 1. The third kappa shape index (κ3) is 3.30. The van der Waals surface area contributed by atoms with Gasteiger partial charge in [0.05, 0.1) is 26.9 Å². The number of aromatic nitrogens is 1. The number of rotatable bonds is 8. The minimum Gasteiger partial charge on any atom is -0.493 e. The van der Waals surface area contributed by atoms with Crippen molar-refractivity contribution in [1.82, 2.24) is 4.98 Å². The van der Waals surface area contributed by atoms with Crippen molar-refractivity contribution in [3.63, 3.8) is 0 Å². The van der Waals surface area contributed by atoms with Crippen molar-refractivity contribution in [1.29, 1.82) is 0 Å². The SMILES string of the molecule is COc1ccc(-c2c(CCN)[nH]c(C(=O)O)c2C(F)F)c(OC)c1OC. The summed E-state index contributed by atoms with van der Waals surface area (Å²) >= 11 is 0. The lowest BCUT2D eigenvalue weighted by Gasteiger charge is -2.17. The molecule has 0 aliphatic carbocycles. The Morgan fingerprint density at radius 3 is 2.31 bits per heavy atom. The van der Waals surface area contributed by atoms with Crippen LogP contribution in [0.25, 0.3) is 11.1 Å². The number of nitrogens with two attached hydrogens (primary N) is 1. The molecule has 1 aromatic carbocycles. The molecule has 26 heavy (non-hydrogen) atoms. The van der Waals surface area contributed by atoms with E-state index in [9.17, 15) is 18.7 Å². The zero-order chi connectivity index (χ0) is 19.4. The molecule has 0 atom stereocenters. The summed E-state index contributed by atoms with van der Waals surface area (Å²) in [6, 6.07) is 3.05. The van der Waals surface area contributed by atoms with Crippen molar-refractivity contribution in [3.05, 3.63) is 29.1 Å². The number of aromatic amines is 1. The van der Waals surface area contributed by atoms with E-state index in [2.05, 4.69) is 4.98 Å². The monoisotopic (exact) mass is 370 g/mol. The smallest absolute Gasteiger partial charge is 0.352 e. The molecule has 0 amide bonds. The van der Waals surface area contributed by atoms with Crippen LogP contribution in [0.5, 0.6) is 17.2 Å². The van der Waals surface area contributed by atoms with Crippen LogP contribution in [0.1, 0.15) is 28.2 Å². The van der Waals surface area contributed by atoms with Gasteiger partial charge in [0.1, 0.15) is 5.69 Å². The van der Waals surface area contributed by atoms with Crippen molar-refractivity contribution >= 4 is 5.97 Å². The van der Waals surface area contributed by atoms with Gasteiger partial charge >= 0.3 is 5.97 Å². The van der Waals surface area contributed by atoms with Gasteiger partial charge in [0.15, 0.2) is 11.5 Å². The van der Waals surface area contributed by atoms with Crippen LogP contribution in [-0.2, 0) is 6.42 Å². The number of H-pyrrole nitrogens is 1. The first-order valence-electron chi connectivity index (χ1n) is 7.66. The van der Waals surface area contributed by atoms with Gasteiger partial charge in [-0.25, -0.2) is 13.6 Å². The van der Waals surface area contributed by atoms with Gasteiger partial charge in [-0.05, 0) is 18.7 Å². The van der Waals surface area contributed by atoms with E-state index in [0.717, 1.165) is 0 Å². The number of alkyl halides is 2. The van der Waals surface area contributed by atoms with Crippen molar-refractivity contribution in [2.75, 3.05) is 27.9 Å². The summed E-state index contributed by atoms with van der Waals surface area (Å²) in [5, 5.41) is 9.31. The lowest BCUT2D eigenvalue weighted by molar-refractivity contribution is 0.0679. The molecule has 1 aromatic heterocycles. The lowest BCUT2D eigenvalue weighted by Crippen LogP contribution is -2.05. The predicted molar refractivity (Wildman–Crippen MR) is 90.6 cm³/mol. The fraction of sp³-hybridized carbons (Fsp3) is 0.353. The zero-order valence-electron chi connectivity index (χ0n) is 14.6. The second-order valence-electron chi connectivity index (χ2n) is 5.29. The molecule has 9 heteroatoms. The van der Waals surface area contributed by atoms with Gasteiger partial charge in [-0.15, -0.1) is 0 Å². The molecule has 0 radical (unpaired) electrons. The highest BCUT2D eigenvalue weighted by Gasteiger charge is 2.31. The number of carbonyl (C=O) groups is 1. The fourth-order valence-corrected chi connectivity index (χ4v) is 2.89. The molecule has 0 spiro atoms. The van der Waals surface area contributed by atoms with E-state index in [1.165, 1.54) is 33.5 Å². The van der Waals surface area contributed by atoms with E-state index in [1.54, 1.807) is 0 Å². The average Bonchev–Trinajstić information content (AvgIpc) is 3.00. The maximum Gasteiger partial charge on any atom is 0.352 e.